The third kappa shape index (κ3) is 6.15. The van der Waals surface area contributed by atoms with Crippen LogP contribution in [0, 0.1) is 36.1 Å². The largest absolute Gasteiger partial charge is 0.285 e. The summed E-state index contributed by atoms with van der Waals surface area (Å²) in [6, 6.07) is 2.30. The van der Waals surface area contributed by atoms with E-state index in [-0.39, 0.29) is 5.91 Å². The molecule has 0 fully saturated rings. The van der Waals surface area contributed by atoms with E-state index >= 15 is 0 Å². The van der Waals surface area contributed by atoms with Crippen LogP contribution in [0.3, 0.4) is 0 Å². The van der Waals surface area contributed by atoms with Gasteiger partial charge in [-0.15, -0.1) is 6.42 Å². The van der Waals surface area contributed by atoms with Crippen LogP contribution in [-0.2, 0) is 4.79 Å². The lowest BCUT2D eigenvalue weighted by Crippen LogP contribution is -2.11. The number of terminal acetylenes is 1. The van der Waals surface area contributed by atoms with Crippen LogP contribution >= 0.6 is 0 Å². The summed E-state index contributed by atoms with van der Waals surface area (Å²) in [5.74, 6) is 8.80. The molecule has 1 N–H and O–H groups in total. The first kappa shape index (κ1) is 8.15. The van der Waals surface area contributed by atoms with E-state index in [4.69, 9.17) is 6.42 Å². The van der Waals surface area contributed by atoms with E-state index < -0.39 is 0 Å². The van der Waals surface area contributed by atoms with Crippen molar-refractivity contribution < 1.29 is 4.79 Å². The summed E-state index contributed by atoms with van der Waals surface area (Å²) < 4.78 is 0. The van der Waals surface area contributed by atoms with Gasteiger partial charge in [0.2, 0.25) is 5.91 Å². The second kappa shape index (κ2) is 5.29. The van der Waals surface area contributed by atoms with Gasteiger partial charge in [0.1, 0.15) is 0 Å². The van der Waals surface area contributed by atoms with E-state index in [0.717, 1.165) is 0 Å². The quantitative estimate of drug-likeness (QED) is 0.355. The Morgan fingerprint density at radius 3 is 2.60 bits per heavy atom. The van der Waals surface area contributed by atoms with Crippen molar-refractivity contribution in [3.05, 3.63) is 0 Å². The predicted molar refractivity (Wildman–Crippen MR) is 38.2 cm³/mol. The molecule has 0 atom stereocenters. The van der Waals surface area contributed by atoms with Gasteiger partial charge in [-0.1, -0.05) is 0 Å². The number of nitrogens with one attached hydrogen (secondary N) is 1. The highest BCUT2D eigenvalue weighted by Crippen LogP contribution is 1.54. The third-order valence-electron chi connectivity index (χ3n) is 0.498. The van der Waals surface area contributed by atoms with E-state index in [2.05, 4.69) is 35.0 Å². The molecule has 0 aromatic rings. The minimum Gasteiger partial charge on any atom is -0.285 e. The van der Waals surface area contributed by atoms with Crippen molar-refractivity contribution in [3.8, 4) is 36.1 Å². The lowest BCUT2D eigenvalue weighted by atomic mass is 10.6. The van der Waals surface area contributed by atoms with Gasteiger partial charge in [0.25, 0.3) is 0 Å². The van der Waals surface area contributed by atoms with Crippen LogP contribution in [0.25, 0.3) is 0 Å². The lowest BCUT2D eigenvalue weighted by Gasteiger charge is -1.80. The zero-order valence-corrected chi connectivity index (χ0v) is 5.49. The highest BCUT2D eigenvalue weighted by atomic mass is 16.1. The minimum absolute atomic E-state index is 0.213. The topological polar surface area (TPSA) is 29.1 Å². The minimum atomic E-state index is -0.213. The second-order valence-electron chi connectivity index (χ2n) is 1.33. The third-order valence-corrected chi connectivity index (χ3v) is 0.498. The summed E-state index contributed by atoms with van der Waals surface area (Å²) in [4.78, 5) is 10.2. The summed E-state index contributed by atoms with van der Waals surface area (Å²) in [7, 11) is 0. The van der Waals surface area contributed by atoms with Gasteiger partial charge in [-0.3, -0.25) is 10.1 Å². The zero-order valence-electron chi connectivity index (χ0n) is 5.49. The van der Waals surface area contributed by atoms with Crippen molar-refractivity contribution in [2.45, 2.75) is 6.92 Å². The molecule has 10 heavy (non-hydrogen) atoms. The first-order chi connectivity index (χ1) is 4.77. The number of amides is 1. The van der Waals surface area contributed by atoms with Gasteiger partial charge < -0.3 is 0 Å². The Balaban J connectivity index is 3.74. The van der Waals surface area contributed by atoms with Crippen molar-refractivity contribution in [1.29, 1.82) is 0 Å². The molecule has 2 nitrogen and oxygen atoms in total. The molecule has 0 unspecified atom stereocenters. The van der Waals surface area contributed by atoms with E-state index in [9.17, 15) is 4.79 Å². The fourth-order valence-electron chi connectivity index (χ4n) is 0.218. The van der Waals surface area contributed by atoms with Crippen molar-refractivity contribution >= 4 is 5.91 Å². The molecule has 0 aromatic carbocycles. The predicted octanol–water partition coefficient (Wildman–Crippen LogP) is -0.280. The molecule has 0 aromatic heterocycles. The number of hydrogen-bond acceptors (Lipinski definition) is 1. The maximum atomic E-state index is 10.2. The molecule has 0 saturated carbocycles. The molecule has 0 heterocycles. The maximum absolute atomic E-state index is 10.2. The Kier molecular flexibility index (Phi) is 4.31. The fourth-order valence-corrected chi connectivity index (χ4v) is 0.218. The Morgan fingerprint density at radius 1 is 1.40 bits per heavy atom. The normalized spacial score (nSPS) is 5.20. The van der Waals surface area contributed by atoms with Crippen molar-refractivity contribution in [1.82, 2.24) is 5.32 Å². The van der Waals surface area contributed by atoms with Crippen LogP contribution in [0.15, 0.2) is 0 Å². The Morgan fingerprint density at radius 2 is 2.10 bits per heavy atom. The summed E-state index contributed by atoms with van der Waals surface area (Å²) >= 11 is 0. The Bertz CT molecular complexity index is 274. The summed E-state index contributed by atoms with van der Waals surface area (Å²) in [5.41, 5.74) is 0. The molecule has 2 heteroatoms. The first-order valence-corrected chi connectivity index (χ1v) is 2.49. The SMILES string of the molecule is C#CC#CC#CNC(C)=O. The molecule has 0 radical (unpaired) electrons. The number of carbonyl (C=O) groups is 1. The van der Waals surface area contributed by atoms with Crippen molar-refractivity contribution in [2.75, 3.05) is 0 Å². The van der Waals surface area contributed by atoms with Gasteiger partial charge in [0.05, 0.1) is 0 Å². The van der Waals surface area contributed by atoms with Gasteiger partial charge in [-0.05, 0) is 11.8 Å². The fraction of sp³-hybridized carbons (Fsp3) is 0.125. The molecular formula is C8H5NO. The highest BCUT2D eigenvalue weighted by Gasteiger charge is 1.78. The van der Waals surface area contributed by atoms with Crippen LogP contribution in [0.2, 0.25) is 0 Å². The molecule has 0 aliphatic rings. The lowest BCUT2D eigenvalue weighted by molar-refractivity contribution is -0.117. The number of rotatable bonds is 0. The molecule has 0 aliphatic heterocycles. The van der Waals surface area contributed by atoms with E-state index in [1.807, 2.05) is 0 Å². The van der Waals surface area contributed by atoms with Gasteiger partial charge in [-0.2, -0.15) is 0 Å². The van der Waals surface area contributed by atoms with Crippen molar-refractivity contribution in [3.63, 3.8) is 0 Å². The van der Waals surface area contributed by atoms with Gasteiger partial charge in [0, 0.05) is 24.8 Å². The molecule has 48 valence electrons. The summed E-state index contributed by atoms with van der Waals surface area (Å²) in [6.07, 6.45) is 4.79. The maximum Gasteiger partial charge on any atom is 0.228 e. The Labute approximate surface area is 60.0 Å². The van der Waals surface area contributed by atoms with Gasteiger partial charge >= 0.3 is 0 Å². The standard InChI is InChI=1S/C8H5NO/c1-3-4-5-6-7-9-8(2)10/h1H,2H3,(H,9,10). The molecule has 1 amide bonds. The monoisotopic (exact) mass is 131 g/mol. The summed E-state index contributed by atoms with van der Waals surface area (Å²) in [6.45, 7) is 1.36. The number of hydrogen-bond donors (Lipinski definition) is 1. The average Bonchev–Trinajstić information content (AvgIpc) is 1.87. The molecular weight excluding hydrogens is 126 g/mol. The van der Waals surface area contributed by atoms with Crippen LogP contribution < -0.4 is 5.32 Å². The molecule has 0 rings (SSSR count). The van der Waals surface area contributed by atoms with Gasteiger partial charge in [0.15, 0.2) is 0 Å². The van der Waals surface area contributed by atoms with Gasteiger partial charge in [-0.25, -0.2) is 0 Å². The van der Waals surface area contributed by atoms with Crippen molar-refractivity contribution in [2.24, 2.45) is 0 Å². The zero-order chi connectivity index (χ0) is 7.82. The van der Waals surface area contributed by atoms with E-state index in [1.54, 1.807) is 0 Å². The van der Waals surface area contributed by atoms with Crippen LogP contribution in [-0.4, -0.2) is 5.91 Å². The Hall–Kier alpha value is -1.85. The average molecular weight is 131 g/mol. The van der Waals surface area contributed by atoms with Crippen LogP contribution in [0.1, 0.15) is 6.92 Å². The van der Waals surface area contributed by atoms with E-state index in [1.165, 1.54) is 6.92 Å². The van der Waals surface area contributed by atoms with Crippen LogP contribution in [0.4, 0.5) is 0 Å². The molecule has 0 bridgehead atoms. The highest BCUT2D eigenvalue weighted by molar-refractivity contribution is 5.74. The van der Waals surface area contributed by atoms with E-state index in [0.29, 0.717) is 0 Å². The molecule has 0 spiro atoms. The summed E-state index contributed by atoms with van der Waals surface area (Å²) in [5, 5.41) is 2.23. The number of carbonyl (C=O) groups excluding carboxylic acids is 1. The second-order valence-corrected chi connectivity index (χ2v) is 1.33. The smallest absolute Gasteiger partial charge is 0.228 e. The molecule has 0 aliphatic carbocycles. The first-order valence-electron chi connectivity index (χ1n) is 2.49. The van der Waals surface area contributed by atoms with Crippen LogP contribution in [0.5, 0.6) is 0 Å². The molecule has 0 saturated heterocycles.